The van der Waals surface area contributed by atoms with E-state index in [-0.39, 0.29) is 10.6 Å². The van der Waals surface area contributed by atoms with Gasteiger partial charge in [0.05, 0.1) is 20.3 Å². The third kappa shape index (κ3) is 2.46. The first-order valence-corrected chi connectivity index (χ1v) is 10.1. The summed E-state index contributed by atoms with van der Waals surface area (Å²) in [5.74, 6) is 0.243. The number of sulfonamides is 1. The number of rotatable bonds is 3. The summed E-state index contributed by atoms with van der Waals surface area (Å²) in [6, 6.07) is 7.18. The van der Waals surface area contributed by atoms with Crippen molar-refractivity contribution in [3.63, 3.8) is 0 Å². The summed E-state index contributed by atoms with van der Waals surface area (Å²) in [7, 11) is -5.28. The molecular formula is C14H17N3O3S2. The highest BCUT2D eigenvalue weighted by atomic mass is 32.3. The van der Waals surface area contributed by atoms with Gasteiger partial charge in [-0.2, -0.15) is 13.5 Å². The van der Waals surface area contributed by atoms with E-state index in [1.54, 1.807) is 19.2 Å². The van der Waals surface area contributed by atoms with Crippen LogP contribution in [0.3, 0.4) is 0 Å². The lowest BCUT2D eigenvalue weighted by Crippen LogP contribution is -2.07. The maximum Gasteiger partial charge on any atom is 0.293 e. The van der Waals surface area contributed by atoms with Gasteiger partial charge in [0, 0.05) is 19.0 Å². The van der Waals surface area contributed by atoms with Crippen molar-refractivity contribution in [3.05, 3.63) is 41.7 Å². The topological polar surface area (TPSA) is 81.4 Å². The second-order valence-corrected chi connectivity index (χ2v) is 9.33. The number of aryl methyl sites for hydroxylation is 3. The molecule has 1 aliphatic rings. The Morgan fingerprint density at radius 2 is 2.09 bits per heavy atom. The van der Waals surface area contributed by atoms with Crippen molar-refractivity contribution < 1.29 is 12.6 Å². The number of hydrogen-bond acceptors (Lipinski definition) is 4. The summed E-state index contributed by atoms with van der Waals surface area (Å²) in [5.41, 5.74) is 1.36. The third-order valence-corrected chi connectivity index (χ3v) is 8.15. The first-order valence-electron chi connectivity index (χ1n) is 6.97. The highest BCUT2D eigenvalue weighted by molar-refractivity contribution is 8.03. The first-order chi connectivity index (χ1) is 10.4. The average Bonchev–Trinajstić information content (AvgIpc) is 3.01. The van der Waals surface area contributed by atoms with E-state index in [4.69, 9.17) is 0 Å². The first kappa shape index (κ1) is 15.2. The summed E-state index contributed by atoms with van der Waals surface area (Å²) in [4.78, 5) is 0.588. The third-order valence-electron chi connectivity index (χ3n) is 3.66. The highest BCUT2D eigenvalue weighted by Gasteiger charge is 2.29. The van der Waals surface area contributed by atoms with Gasteiger partial charge in [-0.1, -0.05) is 25.1 Å². The molecule has 0 spiro atoms. The molecule has 0 bridgehead atoms. The van der Waals surface area contributed by atoms with Gasteiger partial charge in [0.15, 0.2) is 0 Å². The van der Waals surface area contributed by atoms with E-state index >= 15 is 0 Å². The molecule has 1 atom stereocenters. The summed E-state index contributed by atoms with van der Waals surface area (Å²) in [6.45, 7) is 1.83. The largest absolute Gasteiger partial charge is 0.293 e. The zero-order valence-electron chi connectivity index (χ0n) is 12.4. The quantitative estimate of drug-likeness (QED) is 0.853. The van der Waals surface area contributed by atoms with E-state index in [1.165, 1.54) is 10.9 Å². The zero-order valence-corrected chi connectivity index (χ0v) is 14.0. The van der Waals surface area contributed by atoms with Crippen LogP contribution in [0.1, 0.15) is 18.2 Å². The van der Waals surface area contributed by atoms with Crippen LogP contribution in [0.5, 0.6) is 0 Å². The molecule has 0 saturated heterocycles. The maximum atomic E-state index is 13.0. The molecule has 2 aromatic rings. The van der Waals surface area contributed by atoms with E-state index in [0.29, 0.717) is 23.4 Å². The molecule has 0 N–H and O–H groups in total. The lowest BCUT2D eigenvalue weighted by molar-refractivity contribution is 0.597. The Labute approximate surface area is 130 Å². The molecule has 0 radical (unpaired) electrons. The molecule has 3 rings (SSSR count). The van der Waals surface area contributed by atoms with Crippen molar-refractivity contribution >= 4 is 19.8 Å². The Morgan fingerprint density at radius 3 is 2.82 bits per heavy atom. The monoisotopic (exact) mass is 339 g/mol. The van der Waals surface area contributed by atoms with Crippen molar-refractivity contribution in [2.45, 2.75) is 29.6 Å². The molecule has 8 heteroatoms. The molecule has 1 aromatic carbocycles. The minimum absolute atomic E-state index is 0.0459. The normalized spacial score (nSPS) is 20.8. The van der Waals surface area contributed by atoms with Gasteiger partial charge >= 0.3 is 0 Å². The van der Waals surface area contributed by atoms with Gasteiger partial charge in [-0.15, -0.1) is 3.77 Å². The van der Waals surface area contributed by atoms with Crippen LogP contribution in [0.4, 0.5) is 0 Å². The molecule has 118 valence electrons. The molecule has 6 nitrogen and oxygen atoms in total. The maximum absolute atomic E-state index is 13.0. The predicted molar refractivity (Wildman–Crippen MR) is 83.6 cm³/mol. The Balaban J connectivity index is 2.18. The number of hydrogen-bond donors (Lipinski definition) is 0. The number of fused-ring (bicyclic) bond motifs is 1. The standard InChI is InChI=1S/C14H17N3O3S2/c1-3-12-14(10-17(2)15-12)22(19,20)16-21(18)9-8-11-6-4-5-7-13(11)21/h4-7,10H,3,8-9H2,1-2H3. The van der Waals surface area contributed by atoms with Gasteiger partial charge < -0.3 is 0 Å². The molecule has 1 aromatic heterocycles. The Morgan fingerprint density at radius 1 is 1.36 bits per heavy atom. The van der Waals surface area contributed by atoms with Gasteiger partial charge in [-0.05, 0) is 24.5 Å². The molecule has 1 unspecified atom stereocenters. The van der Waals surface area contributed by atoms with Gasteiger partial charge in [-0.25, -0.2) is 4.21 Å². The van der Waals surface area contributed by atoms with Gasteiger partial charge in [0.2, 0.25) is 0 Å². The van der Waals surface area contributed by atoms with Gasteiger partial charge in [0.25, 0.3) is 10.0 Å². The second-order valence-electron chi connectivity index (χ2n) is 5.22. The molecule has 1 aliphatic heterocycles. The van der Waals surface area contributed by atoms with Crippen molar-refractivity contribution in [2.24, 2.45) is 10.8 Å². The van der Waals surface area contributed by atoms with Crippen LogP contribution in [0, 0.1) is 0 Å². The summed E-state index contributed by atoms with van der Waals surface area (Å²) in [6.07, 6.45) is 2.48. The second kappa shape index (κ2) is 5.20. The van der Waals surface area contributed by atoms with Crippen LogP contribution in [0.25, 0.3) is 0 Å². The lowest BCUT2D eigenvalue weighted by atomic mass is 10.2. The summed E-state index contributed by atoms with van der Waals surface area (Å²) in [5, 5.41) is 4.12. The minimum atomic E-state index is -4.00. The van der Waals surface area contributed by atoms with Crippen LogP contribution in [0.2, 0.25) is 0 Å². The minimum Gasteiger partial charge on any atom is -0.274 e. The van der Waals surface area contributed by atoms with Crippen molar-refractivity contribution in [1.29, 1.82) is 0 Å². The molecule has 0 aliphatic carbocycles. The molecule has 0 amide bonds. The Bertz CT molecular complexity index is 951. The van der Waals surface area contributed by atoms with Gasteiger partial charge in [0.1, 0.15) is 4.90 Å². The zero-order chi connectivity index (χ0) is 16.0. The Hall–Kier alpha value is -1.67. The lowest BCUT2D eigenvalue weighted by Gasteiger charge is -2.04. The smallest absolute Gasteiger partial charge is 0.274 e. The van der Waals surface area contributed by atoms with Crippen LogP contribution in [-0.2, 0) is 39.6 Å². The fourth-order valence-corrected chi connectivity index (χ4v) is 7.19. The van der Waals surface area contributed by atoms with Crippen LogP contribution in [0.15, 0.2) is 44.0 Å². The van der Waals surface area contributed by atoms with E-state index < -0.39 is 19.8 Å². The fraction of sp³-hybridized carbons (Fsp3) is 0.357. The summed E-state index contributed by atoms with van der Waals surface area (Å²) >= 11 is 0. The van der Waals surface area contributed by atoms with Crippen molar-refractivity contribution in [1.82, 2.24) is 9.78 Å². The fourth-order valence-electron chi connectivity index (χ4n) is 2.63. The van der Waals surface area contributed by atoms with E-state index in [9.17, 15) is 12.6 Å². The number of nitrogens with zero attached hydrogens (tertiary/aromatic N) is 3. The van der Waals surface area contributed by atoms with E-state index in [1.807, 2.05) is 19.1 Å². The van der Waals surface area contributed by atoms with Gasteiger partial charge in [-0.3, -0.25) is 4.68 Å². The van der Waals surface area contributed by atoms with E-state index in [2.05, 4.69) is 8.87 Å². The molecular weight excluding hydrogens is 322 g/mol. The summed E-state index contributed by atoms with van der Waals surface area (Å²) < 4.78 is 43.5. The van der Waals surface area contributed by atoms with Crippen LogP contribution < -0.4 is 0 Å². The molecule has 22 heavy (non-hydrogen) atoms. The van der Waals surface area contributed by atoms with E-state index in [0.717, 1.165) is 5.56 Å². The van der Waals surface area contributed by atoms with Crippen molar-refractivity contribution in [3.8, 4) is 0 Å². The molecule has 0 saturated carbocycles. The predicted octanol–water partition coefficient (Wildman–Crippen LogP) is 1.75. The highest BCUT2D eigenvalue weighted by Crippen LogP contribution is 2.30. The SMILES string of the molecule is CCc1nn(C)cc1S(=O)(=O)N=S1(=O)CCc2ccccc21. The van der Waals surface area contributed by atoms with Crippen LogP contribution >= 0.6 is 0 Å². The number of benzene rings is 1. The Kier molecular flexibility index (Phi) is 3.60. The van der Waals surface area contributed by atoms with Crippen molar-refractivity contribution in [2.75, 3.05) is 5.75 Å². The van der Waals surface area contributed by atoms with Crippen LogP contribution in [-0.4, -0.2) is 28.2 Å². The number of aromatic nitrogens is 2. The average molecular weight is 339 g/mol. The molecule has 0 fully saturated rings. The molecule has 2 heterocycles.